The molecule has 0 bridgehead atoms. The Morgan fingerprint density at radius 3 is 2.50 bits per heavy atom. The number of nitrogens with zero attached hydrogens (tertiary/aromatic N) is 3. The van der Waals surface area contributed by atoms with Gasteiger partial charge in [0, 0.05) is 24.8 Å². The van der Waals surface area contributed by atoms with Crippen molar-refractivity contribution in [3.05, 3.63) is 51.9 Å². The molecule has 0 spiro atoms. The number of hydrogen-bond donors (Lipinski definition) is 2. The van der Waals surface area contributed by atoms with Gasteiger partial charge >= 0.3 is 0 Å². The molecule has 6 heteroatoms. The largest absolute Gasteiger partial charge is 0.372 e. The lowest BCUT2D eigenvalue weighted by Gasteiger charge is -2.20. The summed E-state index contributed by atoms with van der Waals surface area (Å²) in [6, 6.07) is 9.69. The molecule has 1 aromatic carbocycles. The van der Waals surface area contributed by atoms with Gasteiger partial charge in [0.05, 0.1) is 11.9 Å². The second-order valence-electron chi connectivity index (χ2n) is 5.81. The third-order valence-electron chi connectivity index (χ3n) is 3.76. The minimum Gasteiger partial charge on any atom is -0.372 e. The number of hydrogen-bond acceptors (Lipinski definition) is 5. The van der Waals surface area contributed by atoms with Gasteiger partial charge in [0.2, 0.25) is 5.95 Å². The lowest BCUT2D eigenvalue weighted by Crippen LogP contribution is -2.21. The molecule has 2 rings (SSSR count). The molecule has 0 amide bonds. The summed E-state index contributed by atoms with van der Waals surface area (Å²) in [5, 5.41) is 4.15. The molecule has 128 valence electrons. The summed E-state index contributed by atoms with van der Waals surface area (Å²) in [7, 11) is 0. The first-order valence-corrected chi connectivity index (χ1v) is 8.28. The fraction of sp³-hybridized carbons (Fsp3) is 0.389. The first kappa shape index (κ1) is 17.7. The summed E-state index contributed by atoms with van der Waals surface area (Å²) < 4.78 is 0. The highest BCUT2D eigenvalue weighted by Crippen LogP contribution is 2.14. The SMILES string of the molecule is CCN(CC)c1ccc(/C=N\Nc2nc(C(C)C)cc(=O)[nH]2)cc1. The lowest BCUT2D eigenvalue weighted by molar-refractivity contribution is 0.810. The number of anilines is 2. The molecular formula is C18H25N5O. The van der Waals surface area contributed by atoms with Gasteiger partial charge in [-0.15, -0.1) is 0 Å². The fourth-order valence-electron chi connectivity index (χ4n) is 2.35. The van der Waals surface area contributed by atoms with Gasteiger partial charge in [-0.3, -0.25) is 9.78 Å². The van der Waals surface area contributed by atoms with Crippen molar-refractivity contribution in [2.24, 2.45) is 5.10 Å². The molecule has 1 aromatic heterocycles. The Kier molecular flexibility index (Phi) is 6.12. The molecule has 0 aliphatic rings. The minimum atomic E-state index is -0.185. The van der Waals surface area contributed by atoms with Gasteiger partial charge in [-0.1, -0.05) is 26.0 Å². The van der Waals surface area contributed by atoms with Crippen LogP contribution in [0.4, 0.5) is 11.6 Å². The fourth-order valence-corrected chi connectivity index (χ4v) is 2.35. The van der Waals surface area contributed by atoms with E-state index < -0.39 is 0 Å². The molecule has 0 saturated heterocycles. The number of aromatic nitrogens is 2. The molecule has 0 aliphatic heterocycles. The van der Waals surface area contributed by atoms with Crippen LogP contribution in [0.2, 0.25) is 0 Å². The molecule has 0 aliphatic carbocycles. The molecule has 24 heavy (non-hydrogen) atoms. The average molecular weight is 327 g/mol. The van der Waals surface area contributed by atoms with Crippen LogP contribution in [0.3, 0.4) is 0 Å². The van der Waals surface area contributed by atoms with Crippen molar-refractivity contribution in [1.29, 1.82) is 0 Å². The molecule has 6 nitrogen and oxygen atoms in total. The number of hydrazone groups is 1. The zero-order valence-corrected chi connectivity index (χ0v) is 14.7. The predicted octanol–water partition coefficient (Wildman–Crippen LogP) is 3.19. The summed E-state index contributed by atoms with van der Waals surface area (Å²) in [6.45, 7) is 10.2. The van der Waals surface area contributed by atoms with Gasteiger partial charge < -0.3 is 4.90 Å². The molecule has 1 heterocycles. The van der Waals surface area contributed by atoms with Crippen molar-refractivity contribution in [3.8, 4) is 0 Å². The van der Waals surface area contributed by atoms with E-state index in [4.69, 9.17) is 0 Å². The maximum Gasteiger partial charge on any atom is 0.252 e. The maximum atomic E-state index is 11.6. The van der Waals surface area contributed by atoms with Crippen LogP contribution in [0.1, 0.15) is 44.9 Å². The Bertz CT molecular complexity index is 730. The Labute approximate surface area is 142 Å². The third-order valence-corrected chi connectivity index (χ3v) is 3.76. The Morgan fingerprint density at radius 2 is 1.92 bits per heavy atom. The maximum absolute atomic E-state index is 11.6. The van der Waals surface area contributed by atoms with Gasteiger partial charge in [-0.05, 0) is 37.5 Å². The quantitative estimate of drug-likeness (QED) is 0.605. The molecular weight excluding hydrogens is 302 g/mol. The molecule has 0 unspecified atom stereocenters. The minimum absolute atomic E-state index is 0.185. The van der Waals surface area contributed by atoms with E-state index in [1.807, 2.05) is 26.0 Å². The zero-order chi connectivity index (χ0) is 17.5. The van der Waals surface area contributed by atoms with Gasteiger partial charge in [-0.25, -0.2) is 10.4 Å². The van der Waals surface area contributed by atoms with Crippen molar-refractivity contribution in [1.82, 2.24) is 9.97 Å². The van der Waals surface area contributed by atoms with Crippen LogP contribution in [-0.4, -0.2) is 29.3 Å². The molecule has 0 saturated carbocycles. The molecule has 0 atom stereocenters. The highest BCUT2D eigenvalue weighted by Gasteiger charge is 2.04. The summed E-state index contributed by atoms with van der Waals surface area (Å²) in [6.07, 6.45) is 1.70. The smallest absolute Gasteiger partial charge is 0.252 e. The van der Waals surface area contributed by atoms with Crippen LogP contribution in [-0.2, 0) is 0 Å². The summed E-state index contributed by atoms with van der Waals surface area (Å²) >= 11 is 0. The van der Waals surface area contributed by atoms with Crippen molar-refractivity contribution in [2.45, 2.75) is 33.6 Å². The highest BCUT2D eigenvalue weighted by atomic mass is 16.1. The molecule has 2 N–H and O–H groups in total. The van der Waals surface area contributed by atoms with E-state index in [-0.39, 0.29) is 11.5 Å². The summed E-state index contributed by atoms with van der Waals surface area (Å²) in [5.41, 5.74) is 5.50. The Balaban J connectivity index is 2.05. The lowest BCUT2D eigenvalue weighted by atomic mass is 10.1. The standard InChI is InChI=1S/C18H25N5O/c1-5-23(6-2)15-9-7-14(8-10-15)12-19-22-18-20-16(13(3)4)11-17(24)21-18/h7-13H,5-6H2,1-4H3,(H2,20,21,22,24)/b19-12-. The van der Waals surface area contributed by atoms with Crippen molar-refractivity contribution < 1.29 is 0 Å². The van der Waals surface area contributed by atoms with Gasteiger partial charge in [0.1, 0.15) is 0 Å². The third kappa shape index (κ3) is 4.68. The van der Waals surface area contributed by atoms with Crippen LogP contribution in [0, 0.1) is 0 Å². The van der Waals surface area contributed by atoms with E-state index in [9.17, 15) is 4.79 Å². The second kappa shape index (κ2) is 8.29. The predicted molar refractivity (Wildman–Crippen MR) is 100 cm³/mol. The summed E-state index contributed by atoms with van der Waals surface area (Å²) in [4.78, 5) is 20.9. The van der Waals surface area contributed by atoms with E-state index in [0.29, 0.717) is 5.95 Å². The van der Waals surface area contributed by atoms with Gasteiger partial charge in [0.15, 0.2) is 0 Å². The molecule has 0 fully saturated rings. The summed E-state index contributed by atoms with van der Waals surface area (Å²) in [5.74, 6) is 0.534. The van der Waals surface area contributed by atoms with Crippen LogP contribution in [0.15, 0.2) is 40.2 Å². The first-order chi connectivity index (χ1) is 11.5. The van der Waals surface area contributed by atoms with Crippen molar-refractivity contribution in [3.63, 3.8) is 0 Å². The van der Waals surface area contributed by atoms with Crippen LogP contribution < -0.4 is 15.9 Å². The van der Waals surface area contributed by atoms with Gasteiger partial charge in [0.25, 0.3) is 5.56 Å². The van der Waals surface area contributed by atoms with E-state index in [1.54, 1.807) is 6.21 Å². The topological polar surface area (TPSA) is 73.4 Å². The number of aromatic amines is 1. The molecule has 2 aromatic rings. The van der Waals surface area contributed by atoms with E-state index >= 15 is 0 Å². The molecule has 0 radical (unpaired) electrons. The van der Waals surface area contributed by atoms with Crippen LogP contribution >= 0.6 is 0 Å². The zero-order valence-electron chi connectivity index (χ0n) is 14.7. The highest BCUT2D eigenvalue weighted by molar-refractivity contribution is 5.80. The van der Waals surface area contributed by atoms with Gasteiger partial charge in [-0.2, -0.15) is 5.10 Å². The van der Waals surface area contributed by atoms with E-state index in [2.05, 4.69) is 51.4 Å². The number of nitrogens with one attached hydrogen (secondary N) is 2. The number of rotatable bonds is 7. The van der Waals surface area contributed by atoms with Crippen molar-refractivity contribution in [2.75, 3.05) is 23.4 Å². The average Bonchev–Trinajstić information content (AvgIpc) is 2.57. The Morgan fingerprint density at radius 1 is 1.25 bits per heavy atom. The van der Waals surface area contributed by atoms with Crippen LogP contribution in [0.5, 0.6) is 0 Å². The number of benzene rings is 1. The Hall–Kier alpha value is -2.63. The second-order valence-corrected chi connectivity index (χ2v) is 5.81. The van der Waals surface area contributed by atoms with Crippen molar-refractivity contribution >= 4 is 17.9 Å². The monoisotopic (exact) mass is 327 g/mol. The van der Waals surface area contributed by atoms with E-state index in [0.717, 1.165) is 24.3 Å². The van der Waals surface area contributed by atoms with Crippen LogP contribution in [0.25, 0.3) is 0 Å². The first-order valence-electron chi connectivity index (χ1n) is 8.28. The number of H-pyrrole nitrogens is 1. The normalized spacial score (nSPS) is 11.2. The van der Waals surface area contributed by atoms with E-state index in [1.165, 1.54) is 11.8 Å².